The van der Waals surface area contributed by atoms with E-state index in [9.17, 15) is 9.59 Å². The molecule has 2 fully saturated rings. The van der Waals surface area contributed by atoms with Crippen molar-refractivity contribution in [2.24, 2.45) is 5.41 Å². The third kappa shape index (κ3) is 3.86. The predicted molar refractivity (Wildman–Crippen MR) is 99.9 cm³/mol. The quantitative estimate of drug-likeness (QED) is 0.895. The Bertz CT molecular complexity index is 792. The molecule has 0 radical (unpaired) electrons. The molecule has 27 heavy (non-hydrogen) atoms. The summed E-state index contributed by atoms with van der Waals surface area (Å²) in [5, 5.41) is 0. The molecule has 4 heterocycles. The third-order valence-corrected chi connectivity index (χ3v) is 5.76. The van der Waals surface area contributed by atoms with Gasteiger partial charge in [0.2, 0.25) is 5.91 Å². The lowest BCUT2D eigenvalue weighted by molar-refractivity contribution is -0.138. The molecule has 0 aliphatic carbocycles. The number of carbonyl (C=O) groups excluding carboxylic acids is 2. The average Bonchev–Trinajstić information content (AvgIpc) is 3.24. The molecule has 7 heteroatoms. The summed E-state index contributed by atoms with van der Waals surface area (Å²) in [6.45, 7) is 2.85. The Labute approximate surface area is 158 Å². The second kappa shape index (κ2) is 7.50. The Kier molecular flexibility index (Phi) is 4.92. The van der Waals surface area contributed by atoms with Crippen molar-refractivity contribution in [2.45, 2.75) is 32.1 Å². The second-order valence-electron chi connectivity index (χ2n) is 7.65. The number of likely N-dealkylation sites (tertiary alicyclic amines) is 2. The van der Waals surface area contributed by atoms with Crippen LogP contribution in [0.15, 0.2) is 36.8 Å². The summed E-state index contributed by atoms with van der Waals surface area (Å²) >= 11 is 0. The van der Waals surface area contributed by atoms with E-state index in [2.05, 4.69) is 15.0 Å². The number of hydrogen-bond acceptors (Lipinski definition) is 4. The van der Waals surface area contributed by atoms with Gasteiger partial charge in [0.05, 0.1) is 0 Å². The van der Waals surface area contributed by atoms with E-state index < -0.39 is 0 Å². The van der Waals surface area contributed by atoms with Gasteiger partial charge in [-0.25, -0.2) is 4.98 Å². The van der Waals surface area contributed by atoms with Crippen LogP contribution in [0.25, 0.3) is 0 Å². The summed E-state index contributed by atoms with van der Waals surface area (Å²) in [7, 11) is 0. The van der Waals surface area contributed by atoms with Gasteiger partial charge in [-0.1, -0.05) is 6.07 Å². The molecule has 2 aromatic heterocycles. The first-order chi connectivity index (χ1) is 13.2. The number of piperidine rings is 2. The second-order valence-corrected chi connectivity index (χ2v) is 7.65. The lowest BCUT2D eigenvalue weighted by Gasteiger charge is -2.48. The molecule has 1 atom stereocenters. The van der Waals surface area contributed by atoms with Gasteiger partial charge in [0, 0.05) is 68.7 Å². The molecule has 0 saturated carbocycles. The normalized spacial score (nSPS) is 23.0. The van der Waals surface area contributed by atoms with E-state index >= 15 is 0 Å². The van der Waals surface area contributed by atoms with Crippen molar-refractivity contribution in [2.75, 3.05) is 26.2 Å². The van der Waals surface area contributed by atoms with Crippen LogP contribution >= 0.6 is 0 Å². The molecule has 2 aliphatic rings. The summed E-state index contributed by atoms with van der Waals surface area (Å²) in [6.07, 6.45) is 9.26. The largest absolute Gasteiger partial charge is 0.342 e. The maximum atomic E-state index is 12.7. The van der Waals surface area contributed by atoms with E-state index in [0.717, 1.165) is 44.5 Å². The fraction of sp³-hybridized carbons (Fsp3) is 0.500. The van der Waals surface area contributed by atoms with Gasteiger partial charge in [-0.05, 0) is 31.4 Å². The fourth-order valence-corrected chi connectivity index (χ4v) is 4.35. The van der Waals surface area contributed by atoms with Crippen LogP contribution in [0.1, 0.15) is 42.0 Å². The molecule has 0 bridgehead atoms. The highest BCUT2D eigenvalue weighted by molar-refractivity contribution is 5.90. The smallest absolute Gasteiger partial charge is 0.289 e. The number of hydrogen-bond donors (Lipinski definition) is 1. The summed E-state index contributed by atoms with van der Waals surface area (Å²) in [5.74, 6) is 0.563. The molecule has 1 spiro atoms. The van der Waals surface area contributed by atoms with Crippen molar-refractivity contribution >= 4 is 11.8 Å². The molecule has 2 saturated heterocycles. The molecule has 4 rings (SSSR count). The van der Waals surface area contributed by atoms with Crippen LogP contribution in [0.4, 0.5) is 0 Å². The van der Waals surface area contributed by atoms with Crippen LogP contribution in [0, 0.1) is 5.41 Å². The minimum absolute atomic E-state index is 0.00146. The zero-order valence-electron chi connectivity index (χ0n) is 15.4. The molecule has 1 N–H and O–H groups in total. The Morgan fingerprint density at radius 1 is 1.19 bits per heavy atom. The van der Waals surface area contributed by atoms with E-state index in [-0.39, 0.29) is 17.2 Å². The van der Waals surface area contributed by atoms with Gasteiger partial charge < -0.3 is 14.8 Å². The van der Waals surface area contributed by atoms with Crippen LogP contribution in [0.2, 0.25) is 0 Å². The van der Waals surface area contributed by atoms with Crippen molar-refractivity contribution in [3.8, 4) is 0 Å². The maximum Gasteiger partial charge on any atom is 0.289 e. The number of aromatic nitrogens is 3. The minimum Gasteiger partial charge on any atom is -0.342 e. The number of aromatic amines is 1. The topological polar surface area (TPSA) is 82.2 Å². The van der Waals surface area contributed by atoms with E-state index in [1.54, 1.807) is 18.6 Å². The number of carbonyl (C=O) groups is 2. The number of amides is 2. The van der Waals surface area contributed by atoms with Crippen molar-refractivity contribution in [1.82, 2.24) is 24.8 Å². The lowest BCUT2D eigenvalue weighted by atomic mass is 9.73. The van der Waals surface area contributed by atoms with Crippen molar-refractivity contribution in [1.29, 1.82) is 0 Å². The zero-order chi connectivity index (χ0) is 18.7. The van der Waals surface area contributed by atoms with Gasteiger partial charge in [0.1, 0.15) is 0 Å². The SMILES string of the molecule is O=C1CCC2(CCCN(C(=O)c3ncc[nH]3)C2)CN1CCc1ccccn1. The standard InChI is InChI=1S/C20H25N5O2/c26-17-5-8-20(14-24(17)13-6-16-4-1-2-9-21-16)7-3-12-25(15-20)19(27)18-22-10-11-23-18/h1-2,4,9-11H,3,5-8,12-15H2,(H,22,23). The maximum absolute atomic E-state index is 12.7. The van der Waals surface area contributed by atoms with Gasteiger partial charge in [0.15, 0.2) is 5.82 Å². The van der Waals surface area contributed by atoms with Gasteiger partial charge in [0.25, 0.3) is 5.91 Å². The predicted octanol–water partition coefficient (Wildman–Crippen LogP) is 1.89. The summed E-state index contributed by atoms with van der Waals surface area (Å²) in [4.78, 5) is 40.4. The van der Waals surface area contributed by atoms with Crippen molar-refractivity contribution in [3.05, 3.63) is 48.3 Å². The Morgan fingerprint density at radius 2 is 2.11 bits per heavy atom. The van der Waals surface area contributed by atoms with Crippen LogP contribution in [0.5, 0.6) is 0 Å². The summed E-state index contributed by atoms with van der Waals surface area (Å²) in [5.41, 5.74) is 1.00. The summed E-state index contributed by atoms with van der Waals surface area (Å²) in [6, 6.07) is 5.87. The van der Waals surface area contributed by atoms with E-state index in [4.69, 9.17) is 0 Å². The van der Waals surface area contributed by atoms with Gasteiger partial charge in [-0.15, -0.1) is 0 Å². The number of pyridine rings is 1. The van der Waals surface area contributed by atoms with E-state index in [1.165, 1.54) is 0 Å². The lowest BCUT2D eigenvalue weighted by Crippen LogP contribution is -2.55. The Balaban J connectivity index is 1.42. The average molecular weight is 367 g/mol. The minimum atomic E-state index is -0.0454. The Morgan fingerprint density at radius 3 is 2.89 bits per heavy atom. The number of rotatable bonds is 4. The number of imidazole rings is 1. The monoisotopic (exact) mass is 367 g/mol. The molecule has 0 aromatic carbocycles. The Hall–Kier alpha value is -2.70. The highest BCUT2D eigenvalue weighted by Crippen LogP contribution is 2.39. The van der Waals surface area contributed by atoms with E-state index in [0.29, 0.717) is 25.3 Å². The summed E-state index contributed by atoms with van der Waals surface area (Å²) < 4.78 is 0. The highest BCUT2D eigenvalue weighted by Gasteiger charge is 2.42. The third-order valence-electron chi connectivity index (χ3n) is 5.76. The molecule has 7 nitrogen and oxygen atoms in total. The first-order valence-corrected chi connectivity index (χ1v) is 9.62. The molecule has 2 aliphatic heterocycles. The molecular formula is C20H25N5O2. The molecule has 142 valence electrons. The van der Waals surface area contributed by atoms with Crippen LogP contribution in [0.3, 0.4) is 0 Å². The fourth-order valence-electron chi connectivity index (χ4n) is 4.35. The number of nitrogens with one attached hydrogen (secondary N) is 1. The van der Waals surface area contributed by atoms with Gasteiger partial charge >= 0.3 is 0 Å². The molecular weight excluding hydrogens is 342 g/mol. The van der Waals surface area contributed by atoms with E-state index in [1.807, 2.05) is 28.0 Å². The van der Waals surface area contributed by atoms with Gasteiger partial charge in [-0.3, -0.25) is 14.6 Å². The van der Waals surface area contributed by atoms with Gasteiger partial charge in [-0.2, -0.15) is 0 Å². The first kappa shape index (κ1) is 17.7. The van der Waals surface area contributed by atoms with Crippen LogP contribution in [-0.4, -0.2) is 62.7 Å². The molecule has 2 amide bonds. The first-order valence-electron chi connectivity index (χ1n) is 9.62. The van der Waals surface area contributed by atoms with Crippen LogP contribution < -0.4 is 0 Å². The number of nitrogens with zero attached hydrogens (tertiary/aromatic N) is 4. The van der Waals surface area contributed by atoms with Crippen LogP contribution in [-0.2, 0) is 11.2 Å². The molecule has 1 unspecified atom stereocenters. The number of H-pyrrole nitrogens is 1. The van der Waals surface area contributed by atoms with Crippen molar-refractivity contribution in [3.63, 3.8) is 0 Å². The zero-order valence-corrected chi connectivity index (χ0v) is 15.4. The molecule has 2 aromatic rings. The highest BCUT2D eigenvalue weighted by atomic mass is 16.2. The van der Waals surface area contributed by atoms with Crippen molar-refractivity contribution < 1.29 is 9.59 Å².